The van der Waals surface area contributed by atoms with Gasteiger partial charge in [-0.25, -0.2) is 0 Å². The van der Waals surface area contributed by atoms with E-state index in [4.69, 9.17) is 5.26 Å². The van der Waals surface area contributed by atoms with Crippen molar-refractivity contribution in [3.8, 4) is 6.07 Å². The lowest BCUT2D eigenvalue weighted by Gasteiger charge is -2.24. The number of hydrogen-bond acceptors (Lipinski definition) is 4. The predicted octanol–water partition coefficient (Wildman–Crippen LogP) is 0.996. The molecule has 4 nitrogen and oxygen atoms in total. The van der Waals surface area contributed by atoms with Gasteiger partial charge >= 0.3 is 5.97 Å². The molecule has 15 heavy (non-hydrogen) atoms. The lowest BCUT2D eigenvalue weighted by Crippen LogP contribution is -2.37. The summed E-state index contributed by atoms with van der Waals surface area (Å²) < 4.78 is 4.66. The molecule has 82 valence electrons. The lowest BCUT2D eigenvalue weighted by molar-refractivity contribution is -0.142. The zero-order chi connectivity index (χ0) is 11.5. The van der Waals surface area contributed by atoms with Gasteiger partial charge in [-0.2, -0.15) is 5.26 Å². The van der Waals surface area contributed by atoms with E-state index in [1.165, 1.54) is 7.11 Å². The molecule has 4 heteroatoms. The van der Waals surface area contributed by atoms with Crippen LogP contribution in [-0.2, 0) is 9.53 Å². The Morgan fingerprint density at radius 3 is 3.00 bits per heavy atom. The molecular formula is C11H16N2O2. The van der Waals surface area contributed by atoms with E-state index in [-0.39, 0.29) is 23.5 Å². The predicted molar refractivity (Wildman–Crippen MR) is 55.9 cm³/mol. The number of carbonyl (C=O) groups is 1. The van der Waals surface area contributed by atoms with Gasteiger partial charge in [-0.15, -0.1) is 6.58 Å². The molecule has 1 unspecified atom stereocenters. The summed E-state index contributed by atoms with van der Waals surface area (Å²) >= 11 is 0. The van der Waals surface area contributed by atoms with E-state index in [0.717, 1.165) is 0 Å². The molecule has 0 aromatic carbocycles. The largest absolute Gasteiger partial charge is 0.468 e. The molecule has 1 aliphatic rings. The molecule has 0 aromatic heterocycles. The Hall–Kier alpha value is -1.34. The molecule has 0 saturated carbocycles. The third-order valence-corrected chi connectivity index (χ3v) is 2.96. The second-order valence-electron chi connectivity index (χ2n) is 4.16. The molecule has 0 aromatic rings. The zero-order valence-corrected chi connectivity index (χ0v) is 9.12. The SMILES string of the molecule is C=CC[C@]1(C)C[C@@H](C(=O)OC)NC1C#N. The van der Waals surface area contributed by atoms with Crippen LogP contribution in [0, 0.1) is 16.7 Å². The Balaban J connectivity index is 2.80. The van der Waals surface area contributed by atoms with Gasteiger partial charge < -0.3 is 4.74 Å². The summed E-state index contributed by atoms with van der Waals surface area (Å²) in [6.45, 7) is 5.66. The van der Waals surface area contributed by atoms with E-state index >= 15 is 0 Å². The molecular weight excluding hydrogens is 192 g/mol. The highest BCUT2D eigenvalue weighted by atomic mass is 16.5. The summed E-state index contributed by atoms with van der Waals surface area (Å²) in [5.74, 6) is -0.303. The zero-order valence-electron chi connectivity index (χ0n) is 9.12. The maximum atomic E-state index is 11.3. The van der Waals surface area contributed by atoms with E-state index in [2.05, 4.69) is 22.7 Å². The number of carbonyl (C=O) groups excluding carboxylic acids is 1. The Labute approximate surface area is 89.9 Å². The van der Waals surface area contributed by atoms with E-state index in [1.54, 1.807) is 6.08 Å². The van der Waals surface area contributed by atoms with Crippen molar-refractivity contribution in [2.75, 3.05) is 7.11 Å². The Morgan fingerprint density at radius 1 is 1.87 bits per heavy atom. The van der Waals surface area contributed by atoms with Gasteiger partial charge in [-0.1, -0.05) is 13.0 Å². The number of allylic oxidation sites excluding steroid dienone is 1. The molecule has 0 aliphatic carbocycles. The van der Waals surface area contributed by atoms with E-state index in [0.29, 0.717) is 12.8 Å². The Bertz CT molecular complexity index is 308. The summed E-state index contributed by atoms with van der Waals surface area (Å²) in [6, 6.07) is 1.49. The molecule has 0 bridgehead atoms. The number of nitrogens with one attached hydrogen (secondary N) is 1. The third-order valence-electron chi connectivity index (χ3n) is 2.96. The van der Waals surface area contributed by atoms with Crippen LogP contribution >= 0.6 is 0 Å². The van der Waals surface area contributed by atoms with Crippen molar-refractivity contribution in [2.24, 2.45) is 5.41 Å². The highest BCUT2D eigenvalue weighted by Crippen LogP contribution is 2.37. The average Bonchev–Trinajstić information content (AvgIpc) is 2.55. The van der Waals surface area contributed by atoms with Gasteiger partial charge in [0.05, 0.1) is 13.2 Å². The standard InChI is InChI=1S/C11H16N2O2/c1-4-5-11(2)6-8(10(14)15-3)13-9(11)7-12/h4,8-9,13H,1,5-6H2,2-3H3/t8-,9?,11+/m0/s1. The monoisotopic (exact) mass is 208 g/mol. The van der Waals surface area contributed by atoms with Crippen molar-refractivity contribution in [3.63, 3.8) is 0 Å². The molecule has 1 fully saturated rings. The fourth-order valence-corrected chi connectivity index (χ4v) is 2.06. The third kappa shape index (κ3) is 2.18. The highest BCUT2D eigenvalue weighted by molar-refractivity contribution is 5.76. The maximum Gasteiger partial charge on any atom is 0.322 e. The van der Waals surface area contributed by atoms with E-state index in [9.17, 15) is 4.79 Å². The molecule has 0 amide bonds. The number of rotatable bonds is 3. The minimum atomic E-state index is -0.371. The van der Waals surface area contributed by atoms with Crippen LogP contribution in [0.1, 0.15) is 19.8 Å². The van der Waals surface area contributed by atoms with Crippen LogP contribution in [0.5, 0.6) is 0 Å². The van der Waals surface area contributed by atoms with Crippen LogP contribution in [0.3, 0.4) is 0 Å². The van der Waals surface area contributed by atoms with Gasteiger partial charge in [0.1, 0.15) is 12.1 Å². The molecule has 0 radical (unpaired) electrons. The molecule has 1 N–H and O–H groups in total. The van der Waals surface area contributed by atoms with E-state index < -0.39 is 0 Å². The van der Waals surface area contributed by atoms with Crippen molar-refractivity contribution >= 4 is 5.97 Å². The Morgan fingerprint density at radius 2 is 2.53 bits per heavy atom. The van der Waals surface area contributed by atoms with Gasteiger partial charge in [0.25, 0.3) is 0 Å². The van der Waals surface area contributed by atoms with Gasteiger partial charge in [-0.05, 0) is 12.8 Å². The summed E-state index contributed by atoms with van der Waals surface area (Å²) in [4.78, 5) is 11.3. The summed E-state index contributed by atoms with van der Waals surface area (Å²) in [5.41, 5.74) is -0.227. The van der Waals surface area contributed by atoms with Gasteiger partial charge in [0.15, 0.2) is 0 Å². The minimum absolute atomic E-state index is 0.227. The van der Waals surface area contributed by atoms with Crippen molar-refractivity contribution in [1.29, 1.82) is 5.26 Å². The number of hydrogen-bond donors (Lipinski definition) is 1. The molecule has 1 aliphatic heterocycles. The minimum Gasteiger partial charge on any atom is -0.468 e. The van der Waals surface area contributed by atoms with Crippen LogP contribution in [0.4, 0.5) is 0 Å². The normalized spacial score (nSPS) is 34.5. The molecule has 3 atom stereocenters. The molecule has 1 saturated heterocycles. The second-order valence-corrected chi connectivity index (χ2v) is 4.16. The van der Waals surface area contributed by atoms with Crippen LogP contribution in [0.15, 0.2) is 12.7 Å². The summed E-state index contributed by atoms with van der Waals surface area (Å²) in [7, 11) is 1.36. The first-order valence-corrected chi connectivity index (χ1v) is 4.92. The van der Waals surface area contributed by atoms with Crippen LogP contribution in [-0.4, -0.2) is 25.2 Å². The van der Waals surface area contributed by atoms with Gasteiger partial charge in [0, 0.05) is 5.41 Å². The van der Waals surface area contributed by atoms with Crippen molar-refractivity contribution in [2.45, 2.75) is 31.8 Å². The first-order chi connectivity index (χ1) is 7.07. The van der Waals surface area contributed by atoms with Crippen LogP contribution in [0.2, 0.25) is 0 Å². The molecule has 1 rings (SSSR count). The van der Waals surface area contributed by atoms with E-state index in [1.807, 2.05) is 6.92 Å². The number of ether oxygens (including phenoxy) is 1. The number of nitriles is 1. The van der Waals surface area contributed by atoms with Crippen LogP contribution < -0.4 is 5.32 Å². The number of methoxy groups -OCH3 is 1. The topological polar surface area (TPSA) is 62.1 Å². The first kappa shape index (κ1) is 11.7. The number of esters is 1. The Kier molecular flexibility index (Phi) is 3.48. The smallest absolute Gasteiger partial charge is 0.322 e. The quantitative estimate of drug-likeness (QED) is 0.555. The van der Waals surface area contributed by atoms with Gasteiger partial charge in [-0.3, -0.25) is 10.1 Å². The maximum absolute atomic E-state index is 11.3. The average molecular weight is 208 g/mol. The molecule has 1 heterocycles. The second kappa shape index (κ2) is 4.45. The van der Waals surface area contributed by atoms with Crippen molar-refractivity contribution in [3.05, 3.63) is 12.7 Å². The van der Waals surface area contributed by atoms with Gasteiger partial charge in [0.2, 0.25) is 0 Å². The summed E-state index contributed by atoms with van der Waals surface area (Å²) in [6.07, 6.45) is 3.11. The van der Waals surface area contributed by atoms with Crippen molar-refractivity contribution in [1.82, 2.24) is 5.32 Å². The summed E-state index contributed by atoms with van der Waals surface area (Å²) in [5, 5.41) is 12.0. The lowest BCUT2D eigenvalue weighted by atomic mass is 9.79. The molecule has 0 spiro atoms. The fraction of sp³-hybridized carbons (Fsp3) is 0.636. The van der Waals surface area contributed by atoms with Crippen molar-refractivity contribution < 1.29 is 9.53 Å². The number of nitrogens with zero attached hydrogens (tertiary/aromatic N) is 1. The highest BCUT2D eigenvalue weighted by Gasteiger charge is 2.45. The van der Waals surface area contributed by atoms with Crippen LogP contribution in [0.25, 0.3) is 0 Å². The first-order valence-electron chi connectivity index (χ1n) is 4.92. The fourth-order valence-electron chi connectivity index (χ4n) is 2.06.